The molecule has 0 radical (unpaired) electrons. The third-order valence-electron chi connectivity index (χ3n) is 3.70. The normalized spacial score (nSPS) is 13.8. The molecule has 0 heterocycles. The molecule has 0 fully saturated rings. The van der Waals surface area contributed by atoms with Gasteiger partial charge in [-0.25, -0.2) is 0 Å². The zero-order valence-electron chi connectivity index (χ0n) is 12.6. The summed E-state index contributed by atoms with van der Waals surface area (Å²) in [6.07, 6.45) is 3.28. The Labute approximate surface area is 121 Å². The number of carbonyl (C=O) groups is 1. The van der Waals surface area contributed by atoms with Crippen LogP contribution < -0.4 is 10.1 Å². The van der Waals surface area contributed by atoms with E-state index >= 15 is 0 Å². The van der Waals surface area contributed by atoms with Crippen molar-refractivity contribution in [2.45, 2.75) is 45.1 Å². The molecule has 4 nitrogen and oxygen atoms in total. The second kappa shape index (κ2) is 7.90. The van der Waals surface area contributed by atoms with Gasteiger partial charge in [-0.3, -0.25) is 4.79 Å². The van der Waals surface area contributed by atoms with Crippen molar-refractivity contribution in [3.8, 4) is 5.75 Å². The number of aliphatic carboxylic acids is 1. The molecule has 0 aliphatic carbocycles. The molecule has 4 heteroatoms. The number of nitrogens with one attached hydrogen (secondary N) is 1. The van der Waals surface area contributed by atoms with Gasteiger partial charge in [-0.05, 0) is 57.4 Å². The van der Waals surface area contributed by atoms with E-state index in [1.807, 2.05) is 12.1 Å². The van der Waals surface area contributed by atoms with Crippen LogP contribution in [0.1, 0.15) is 38.7 Å². The van der Waals surface area contributed by atoms with Gasteiger partial charge in [-0.1, -0.05) is 19.1 Å². The number of ether oxygens (including phenoxy) is 1. The van der Waals surface area contributed by atoms with Crippen LogP contribution in [0.15, 0.2) is 24.3 Å². The molecule has 0 saturated carbocycles. The Hall–Kier alpha value is -1.55. The summed E-state index contributed by atoms with van der Waals surface area (Å²) in [5.41, 5.74) is 0.451. The molecule has 0 amide bonds. The number of carboxylic acid groups (broad SMARTS) is 1. The van der Waals surface area contributed by atoms with Crippen molar-refractivity contribution in [1.29, 1.82) is 0 Å². The lowest BCUT2D eigenvalue weighted by molar-refractivity contribution is -0.144. The van der Waals surface area contributed by atoms with Crippen molar-refractivity contribution in [3.63, 3.8) is 0 Å². The first-order chi connectivity index (χ1) is 9.51. The van der Waals surface area contributed by atoms with E-state index in [0.29, 0.717) is 13.0 Å². The molecular formula is C16H25NO3. The van der Waals surface area contributed by atoms with Crippen LogP contribution in [0, 0.1) is 0 Å². The van der Waals surface area contributed by atoms with E-state index in [1.54, 1.807) is 14.0 Å². The van der Waals surface area contributed by atoms with Crippen LogP contribution in [0.2, 0.25) is 0 Å². The van der Waals surface area contributed by atoms with E-state index in [9.17, 15) is 4.79 Å². The van der Waals surface area contributed by atoms with Crippen LogP contribution >= 0.6 is 0 Å². The van der Waals surface area contributed by atoms with Gasteiger partial charge in [-0.2, -0.15) is 0 Å². The van der Waals surface area contributed by atoms with Crippen LogP contribution in [0.25, 0.3) is 0 Å². The Bertz CT molecular complexity index is 416. The molecule has 1 rings (SSSR count). The fourth-order valence-corrected chi connectivity index (χ4v) is 1.93. The summed E-state index contributed by atoms with van der Waals surface area (Å²) in [6, 6.07) is 8.09. The predicted octanol–water partition coefficient (Wildman–Crippen LogP) is 2.86. The first kappa shape index (κ1) is 16.5. The zero-order chi connectivity index (χ0) is 15.0. The van der Waals surface area contributed by atoms with E-state index in [-0.39, 0.29) is 0 Å². The molecule has 1 aromatic rings. The molecule has 112 valence electrons. The molecule has 2 N–H and O–H groups in total. The third-order valence-corrected chi connectivity index (χ3v) is 3.70. The molecule has 0 bridgehead atoms. The van der Waals surface area contributed by atoms with Crippen molar-refractivity contribution in [2.75, 3.05) is 13.7 Å². The van der Waals surface area contributed by atoms with Gasteiger partial charge in [0.25, 0.3) is 0 Å². The fraction of sp³-hybridized carbons (Fsp3) is 0.562. The van der Waals surface area contributed by atoms with Gasteiger partial charge in [0, 0.05) is 0 Å². The van der Waals surface area contributed by atoms with Crippen molar-refractivity contribution < 1.29 is 14.6 Å². The SMILES string of the molecule is CCc1ccc(OCCCCC(C)(NC)C(=O)O)cc1. The molecule has 1 atom stereocenters. The maximum Gasteiger partial charge on any atom is 0.323 e. The Balaban J connectivity index is 2.26. The summed E-state index contributed by atoms with van der Waals surface area (Å²) >= 11 is 0. The highest BCUT2D eigenvalue weighted by Gasteiger charge is 2.29. The van der Waals surface area contributed by atoms with Crippen molar-refractivity contribution in [1.82, 2.24) is 5.32 Å². The second-order valence-electron chi connectivity index (χ2n) is 5.19. The van der Waals surface area contributed by atoms with Crippen molar-refractivity contribution in [3.05, 3.63) is 29.8 Å². The first-order valence-corrected chi connectivity index (χ1v) is 7.16. The number of unbranched alkanes of at least 4 members (excludes halogenated alkanes) is 1. The molecule has 0 aliphatic rings. The van der Waals surface area contributed by atoms with Crippen LogP contribution in [-0.4, -0.2) is 30.3 Å². The van der Waals surface area contributed by atoms with E-state index in [1.165, 1.54) is 5.56 Å². The van der Waals surface area contributed by atoms with Gasteiger partial charge < -0.3 is 15.2 Å². The van der Waals surface area contributed by atoms with E-state index in [0.717, 1.165) is 25.0 Å². The number of carboxylic acids is 1. The summed E-state index contributed by atoms with van der Waals surface area (Å²) in [4.78, 5) is 11.1. The third kappa shape index (κ3) is 4.85. The number of hydrogen-bond donors (Lipinski definition) is 2. The summed E-state index contributed by atoms with van der Waals surface area (Å²) in [5, 5.41) is 12.0. The van der Waals surface area contributed by atoms with Gasteiger partial charge >= 0.3 is 5.97 Å². The lowest BCUT2D eigenvalue weighted by atomic mass is 9.95. The van der Waals surface area contributed by atoms with Crippen LogP contribution in [0.3, 0.4) is 0 Å². The predicted molar refractivity (Wildman–Crippen MR) is 80.3 cm³/mol. The Kier molecular flexibility index (Phi) is 6.52. The Morgan fingerprint density at radius 3 is 2.45 bits per heavy atom. The molecular weight excluding hydrogens is 254 g/mol. The minimum absolute atomic E-state index is 0.594. The Morgan fingerprint density at radius 1 is 1.30 bits per heavy atom. The second-order valence-corrected chi connectivity index (χ2v) is 5.19. The summed E-state index contributed by atoms with van der Waals surface area (Å²) in [5.74, 6) is 0.0629. The van der Waals surface area contributed by atoms with Gasteiger partial charge in [-0.15, -0.1) is 0 Å². The van der Waals surface area contributed by atoms with Crippen molar-refractivity contribution >= 4 is 5.97 Å². The van der Waals surface area contributed by atoms with Crippen LogP contribution in [0.5, 0.6) is 5.75 Å². The van der Waals surface area contributed by atoms with Crippen LogP contribution in [-0.2, 0) is 11.2 Å². The highest BCUT2D eigenvalue weighted by Crippen LogP contribution is 2.16. The van der Waals surface area contributed by atoms with Crippen molar-refractivity contribution in [2.24, 2.45) is 0 Å². The molecule has 0 saturated heterocycles. The number of rotatable bonds is 9. The highest BCUT2D eigenvalue weighted by atomic mass is 16.5. The summed E-state index contributed by atoms with van der Waals surface area (Å²) in [6.45, 7) is 4.45. The first-order valence-electron chi connectivity index (χ1n) is 7.16. The lowest BCUT2D eigenvalue weighted by Crippen LogP contribution is -2.47. The maximum absolute atomic E-state index is 11.1. The standard InChI is InChI=1S/C16H25NO3/c1-4-13-7-9-14(10-8-13)20-12-6-5-11-16(2,17-3)15(18)19/h7-10,17H,4-6,11-12H2,1-3H3,(H,18,19). The smallest absolute Gasteiger partial charge is 0.323 e. The van der Waals surface area contributed by atoms with Gasteiger partial charge in [0.2, 0.25) is 0 Å². The topological polar surface area (TPSA) is 58.6 Å². The van der Waals surface area contributed by atoms with E-state index < -0.39 is 11.5 Å². The molecule has 0 spiro atoms. The Morgan fingerprint density at radius 2 is 1.95 bits per heavy atom. The summed E-state index contributed by atoms with van der Waals surface area (Å²) < 4.78 is 5.65. The van der Waals surface area contributed by atoms with Crippen LogP contribution in [0.4, 0.5) is 0 Å². The average Bonchev–Trinajstić information content (AvgIpc) is 2.47. The summed E-state index contributed by atoms with van der Waals surface area (Å²) in [7, 11) is 1.68. The quantitative estimate of drug-likeness (QED) is 0.682. The number of aryl methyl sites for hydroxylation is 1. The lowest BCUT2D eigenvalue weighted by Gasteiger charge is -2.23. The average molecular weight is 279 g/mol. The molecule has 0 aromatic heterocycles. The number of benzene rings is 1. The minimum atomic E-state index is -0.844. The molecule has 20 heavy (non-hydrogen) atoms. The monoisotopic (exact) mass is 279 g/mol. The fourth-order valence-electron chi connectivity index (χ4n) is 1.93. The van der Waals surface area contributed by atoms with Gasteiger partial charge in [0.05, 0.1) is 6.61 Å². The molecule has 1 aromatic carbocycles. The molecule has 1 unspecified atom stereocenters. The largest absolute Gasteiger partial charge is 0.494 e. The number of likely N-dealkylation sites (N-methyl/N-ethyl adjacent to an activating group) is 1. The van der Waals surface area contributed by atoms with Gasteiger partial charge in [0.1, 0.15) is 11.3 Å². The minimum Gasteiger partial charge on any atom is -0.494 e. The van der Waals surface area contributed by atoms with Gasteiger partial charge in [0.15, 0.2) is 0 Å². The number of hydrogen-bond acceptors (Lipinski definition) is 3. The molecule has 0 aliphatic heterocycles. The van der Waals surface area contributed by atoms with E-state index in [2.05, 4.69) is 24.4 Å². The van der Waals surface area contributed by atoms with E-state index in [4.69, 9.17) is 9.84 Å². The zero-order valence-corrected chi connectivity index (χ0v) is 12.6. The maximum atomic E-state index is 11.1. The highest BCUT2D eigenvalue weighted by molar-refractivity contribution is 5.78.